The number of nitrogens with zero attached hydrogens (tertiary/aromatic N) is 2. The van der Waals surface area contributed by atoms with Crippen LogP contribution in [0, 0.1) is 0 Å². The van der Waals surface area contributed by atoms with Crippen LogP contribution in [0.25, 0.3) is 11.3 Å². The van der Waals surface area contributed by atoms with Gasteiger partial charge in [-0.3, -0.25) is 9.89 Å². The van der Waals surface area contributed by atoms with Gasteiger partial charge in [0.25, 0.3) is 5.91 Å². The van der Waals surface area contributed by atoms with Crippen LogP contribution < -0.4 is 24.4 Å². The first-order valence-electron chi connectivity index (χ1n) is 9.85. The van der Waals surface area contributed by atoms with E-state index in [9.17, 15) is 4.79 Å². The SMILES string of the molecule is COc1ccc(-c2cc(N3CCC(NC(=O)c4ccc5c(c4)OCO5)C3)n[nH]2)cc1. The van der Waals surface area contributed by atoms with Crippen LogP contribution in [0.4, 0.5) is 5.82 Å². The summed E-state index contributed by atoms with van der Waals surface area (Å²) in [5.74, 6) is 2.86. The van der Waals surface area contributed by atoms with Crippen molar-refractivity contribution in [2.75, 3.05) is 31.9 Å². The Morgan fingerprint density at radius 2 is 2.00 bits per heavy atom. The molecule has 5 rings (SSSR count). The van der Waals surface area contributed by atoms with Crippen molar-refractivity contribution in [3.8, 4) is 28.5 Å². The number of amides is 1. The number of rotatable bonds is 5. The van der Waals surface area contributed by atoms with Crippen LogP contribution >= 0.6 is 0 Å². The molecule has 0 radical (unpaired) electrons. The Hall–Kier alpha value is -3.68. The van der Waals surface area contributed by atoms with E-state index in [0.717, 1.165) is 35.8 Å². The van der Waals surface area contributed by atoms with Crippen molar-refractivity contribution in [3.05, 3.63) is 54.1 Å². The molecule has 1 aromatic heterocycles. The average molecular weight is 406 g/mol. The molecule has 3 aromatic rings. The second kappa shape index (κ2) is 7.62. The molecule has 1 atom stereocenters. The maximum atomic E-state index is 12.6. The Morgan fingerprint density at radius 1 is 1.17 bits per heavy atom. The van der Waals surface area contributed by atoms with E-state index in [4.69, 9.17) is 14.2 Å². The van der Waals surface area contributed by atoms with Gasteiger partial charge in [0, 0.05) is 30.8 Å². The van der Waals surface area contributed by atoms with Crippen molar-refractivity contribution >= 4 is 11.7 Å². The smallest absolute Gasteiger partial charge is 0.251 e. The van der Waals surface area contributed by atoms with E-state index < -0.39 is 0 Å². The molecule has 1 fully saturated rings. The second-order valence-corrected chi connectivity index (χ2v) is 7.34. The predicted octanol–water partition coefficient (Wildman–Crippen LogP) is 2.82. The van der Waals surface area contributed by atoms with E-state index in [0.29, 0.717) is 23.6 Å². The number of benzene rings is 2. The van der Waals surface area contributed by atoms with Gasteiger partial charge in [0.1, 0.15) is 5.75 Å². The molecule has 2 N–H and O–H groups in total. The van der Waals surface area contributed by atoms with Crippen molar-refractivity contribution in [3.63, 3.8) is 0 Å². The minimum Gasteiger partial charge on any atom is -0.497 e. The van der Waals surface area contributed by atoms with Crippen LogP contribution in [0.5, 0.6) is 17.2 Å². The number of anilines is 1. The third kappa shape index (κ3) is 3.52. The Morgan fingerprint density at radius 3 is 2.83 bits per heavy atom. The van der Waals surface area contributed by atoms with Crippen molar-refractivity contribution in [1.82, 2.24) is 15.5 Å². The summed E-state index contributed by atoms with van der Waals surface area (Å²) in [5.41, 5.74) is 2.56. The number of hydrogen-bond donors (Lipinski definition) is 2. The third-order valence-corrected chi connectivity index (χ3v) is 5.45. The highest BCUT2D eigenvalue weighted by Gasteiger charge is 2.26. The van der Waals surface area contributed by atoms with E-state index in [1.54, 1.807) is 25.3 Å². The molecule has 1 saturated heterocycles. The Balaban J connectivity index is 1.22. The van der Waals surface area contributed by atoms with Crippen LogP contribution in [0.2, 0.25) is 0 Å². The van der Waals surface area contributed by atoms with E-state index in [-0.39, 0.29) is 18.7 Å². The molecule has 2 aliphatic heterocycles. The Bertz CT molecular complexity index is 1060. The van der Waals surface area contributed by atoms with Crippen LogP contribution in [0.15, 0.2) is 48.5 Å². The lowest BCUT2D eigenvalue weighted by Crippen LogP contribution is -2.37. The number of nitrogens with one attached hydrogen (secondary N) is 2. The van der Waals surface area contributed by atoms with E-state index >= 15 is 0 Å². The summed E-state index contributed by atoms with van der Waals surface area (Å²) in [4.78, 5) is 14.8. The standard InChI is InChI=1S/C22H22N4O4/c1-28-17-5-2-14(3-6-17)18-11-21(25-24-18)26-9-8-16(12-26)23-22(27)15-4-7-19-20(10-15)30-13-29-19/h2-7,10-11,16H,8-9,12-13H2,1H3,(H,23,27)(H,24,25). The van der Waals surface area contributed by atoms with Gasteiger partial charge in [0.15, 0.2) is 17.3 Å². The zero-order chi connectivity index (χ0) is 20.5. The summed E-state index contributed by atoms with van der Waals surface area (Å²) >= 11 is 0. The fraction of sp³-hybridized carbons (Fsp3) is 0.273. The molecule has 0 saturated carbocycles. The lowest BCUT2D eigenvalue weighted by molar-refractivity contribution is 0.0940. The van der Waals surface area contributed by atoms with Gasteiger partial charge < -0.3 is 24.4 Å². The van der Waals surface area contributed by atoms with Crippen LogP contribution in [0.3, 0.4) is 0 Å². The molecule has 30 heavy (non-hydrogen) atoms. The molecular formula is C22H22N4O4. The zero-order valence-corrected chi connectivity index (χ0v) is 16.6. The fourth-order valence-electron chi connectivity index (χ4n) is 3.78. The first kappa shape index (κ1) is 18.4. The minimum absolute atomic E-state index is 0.0593. The molecule has 1 amide bonds. The predicted molar refractivity (Wildman–Crippen MR) is 111 cm³/mol. The number of hydrogen-bond acceptors (Lipinski definition) is 6. The molecule has 0 aliphatic carbocycles. The maximum Gasteiger partial charge on any atom is 0.251 e. The topological polar surface area (TPSA) is 88.7 Å². The van der Waals surface area contributed by atoms with Gasteiger partial charge in [-0.2, -0.15) is 5.10 Å². The number of methoxy groups -OCH3 is 1. The second-order valence-electron chi connectivity index (χ2n) is 7.34. The normalized spacial score (nSPS) is 17.2. The monoisotopic (exact) mass is 406 g/mol. The van der Waals surface area contributed by atoms with Crippen molar-refractivity contribution in [2.24, 2.45) is 0 Å². The van der Waals surface area contributed by atoms with Crippen LogP contribution in [-0.2, 0) is 0 Å². The van der Waals surface area contributed by atoms with E-state index in [2.05, 4.69) is 20.4 Å². The fourth-order valence-corrected chi connectivity index (χ4v) is 3.78. The molecule has 8 heteroatoms. The third-order valence-electron chi connectivity index (χ3n) is 5.45. The Labute approximate surface area is 173 Å². The van der Waals surface area contributed by atoms with E-state index in [1.807, 2.05) is 30.3 Å². The van der Waals surface area contributed by atoms with Gasteiger partial charge >= 0.3 is 0 Å². The summed E-state index contributed by atoms with van der Waals surface area (Å²) < 4.78 is 15.9. The number of aromatic amines is 1. The lowest BCUT2D eigenvalue weighted by Gasteiger charge is -2.16. The minimum atomic E-state index is -0.110. The van der Waals surface area contributed by atoms with Gasteiger partial charge in [-0.25, -0.2) is 0 Å². The summed E-state index contributed by atoms with van der Waals surface area (Å²) in [6.45, 7) is 1.74. The first-order chi connectivity index (χ1) is 14.7. The van der Waals surface area contributed by atoms with Gasteiger partial charge in [-0.15, -0.1) is 0 Å². The number of fused-ring (bicyclic) bond motifs is 1. The zero-order valence-electron chi connectivity index (χ0n) is 16.6. The summed E-state index contributed by atoms with van der Waals surface area (Å²) in [5, 5.41) is 10.7. The van der Waals surface area contributed by atoms with Crippen molar-refractivity contribution < 1.29 is 19.0 Å². The summed E-state index contributed by atoms with van der Waals surface area (Å²) in [7, 11) is 1.65. The molecule has 8 nitrogen and oxygen atoms in total. The highest BCUT2D eigenvalue weighted by Crippen LogP contribution is 2.32. The molecule has 3 heterocycles. The molecule has 2 aromatic carbocycles. The highest BCUT2D eigenvalue weighted by atomic mass is 16.7. The quantitative estimate of drug-likeness (QED) is 0.677. The highest BCUT2D eigenvalue weighted by molar-refractivity contribution is 5.95. The summed E-state index contributed by atoms with van der Waals surface area (Å²) in [6, 6.07) is 15.2. The molecule has 0 bridgehead atoms. The molecular weight excluding hydrogens is 384 g/mol. The number of aromatic nitrogens is 2. The van der Waals surface area contributed by atoms with Gasteiger partial charge in [0.2, 0.25) is 6.79 Å². The van der Waals surface area contributed by atoms with Crippen LogP contribution in [-0.4, -0.2) is 49.1 Å². The summed E-state index contributed by atoms with van der Waals surface area (Å²) in [6.07, 6.45) is 0.862. The first-order valence-corrected chi connectivity index (χ1v) is 9.85. The molecule has 1 unspecified atom stereocenters. The molecule has 154 valence electrons. The number of carbonyl (C=O) groups is 1. The van der Waals surface area contributed by atoms with Gasteiger partial charge in [-0.1, -0.05) is 0 Å². The lowest BCUT2D eigenvalue weighted by atomic mass is 10.1. The number of carbonyl (C=O) groups excluding carboxylic acids is 1. The number of H-pyrrole nitrogens is 1. The Kier molecular flexibility index (Phi) is 4.66. The van der Waals surface area contributed by atoms with Crippen molar-refractivity contribution in [2.45, 2.75) is 12.5 Å². The van der Waals surface area contributed by atoms with Crippen LogP contribution in [0.1, 0.15) is 16.8 Å². The van der Waals surface area contributed by atoms with E-state index in [1.165, 1.54) is 0 Å². The largest absolute Gasteiger partial charge is 0.497 e. The number of ether oxygens (including phenoxy) is 3. The average Bonchev–Trinajstić information content (AvgIpc) is 3.53. The van der Waals surface area contributed by atoms with Gasteiger partial charge in [-0.05, 0) is 54.4 Å². The molecule has 0 spiro atoms. The molecule has 2 aliphatic rings. The van der Waals surface area contributed by atoms with Crippen molar-refractivity contribution in [1.29, 1.82) is 0 Å². The maximum absolute atomic E-state index is 12.6. The van der Waals surface area contributed by atoms with Gasteiger partial charge in [0.05, 0.1) is 12.8 Å².